The lowest BCUT2D eigenvalue weighted by Gasteiger charge is -2.22. The van der Waals surface area contributed by atoms with Gasteiger partial charge in [0.15, 0.2) is 12.1 Å². The summed E-state index contributed by atoms with van der Waals surface area (Å²) in [6.07, 6.45) is 1.54. The van der Waals surface area contributed by atoms with E-state index in [1.807, 2.05) is 30.3 Å². The smallest absolute Gasteiger partial charge is 0.194 e. The quantitative estimate of drug-likeness (QED) is 0.715. The first kappa shape index (κ1) is 10.9. The first-order chi connectivity index (χ1) is 8.19. The Morgan fingerprint density at radius 2 is 1.88 bits per heavy atom. The van der Waals surface area contributed by atoms with Crippen LogP contribution in [0.2, 0.25) is 0 Å². The predicted molar refractivity (Wildman–Crippen MR) is 59.9 cm³/mol. The molecule has 0 radical (unpaired) electrons. The molecule has 0 aromatic heterocycles. The molecule has 2 aliphatic rings. The van der Waals surface area contributed by atoms with Gasteiger partial charge in [-0.25, -0.2) is 0 Å². The minimum absolute atomic E-state index is 0.333. The molecular formula is C13H14O4. The van der Waals surface area contributed by atoms with Gasteiger partial charge >= 0.3 is 0 Å². The monoisotopic (exact) mass is 234 g/mol. The van der Waals surface area contributed by atoms with Crippen LogP contribution in [0.3, 0.4) is 0 Å². The topological polar surface area (TPSA) is 58.9 Å². The van der Waals surface area contributed by atoms with Crippen molar-refractivity contribution in [3.05, 3.63) is 48.0 Å². The summed E-state index contributed by atoms with van der Waals surface area (Å²) < 4.78 is 11.1. The molecular weight excluding hydrogens is 220 g/mol. The molecule has 1 fully saturated rings. The lowest BCUT2D eigenvalue weighted by atomic mass is 10.0. The molecule has 0 amide bonds. The van der Waals surface area contributed by atoms with Crippen LogP contribution in [0, 0.1) is 0 Å². The molecule has 1 saturated heterocycles. The van der Waals surface area contributed by atoms with Gasteiger partial charge in [-0.15, -0.1) is 0 Å². The third-order valence-electron chi connectivity index (χ3n) is 3.13. The summed E-state index contributed by atoms with van der Waals surface area (Å²) in [5, 5.41) is 19.4. The lowest BCUT2D eigenvalue weighted by Crippen LogP contribution is -2.28. The van der Waals surface area contributed by atoms with Crippen molar-refractivity contribution < 1.29 is 19.7 Å². The maximum Gasteiger partial charge on any atom is 0.194 e. The highest BCUT2D eigenvalue weighted by atomic mass is 16.8. The zero-order valence-electron chi connectivity index (χ0n) is 9.19. The van der Waals surface area contributed by atoms with E-state index in [0.717, 1.165) is 5.56 Å². The number of hydrogen-bond donors (Lipinski definition) is 2. The van der Waals surface area contributed by atoms with Crippen LogP contribution in [0.15, 0.2) is 42.5 Å². The number of aliphatic hydroxyl groups is 2. The predicted octanol–water partition coefficient (Wildman–Crippen LogP) is 1.11. The van der Waals surface area contributed by atoms with Gasteiger partial charge < -0.3 is 19.7 Å². The molecule has 1 spiro atoms. The molecule has 0 saturated carbocycles. The zero-order chi connectivity index (χ0) is 11.9. The van der Waals surface area contributed by atoms with Crippen LogP contribution >= 0.6 is 0 Å². The summed E-state index contributed by atoms with van der Waals surface area (Å²) in [5.74, 6) is -0.973. The van der Waals surface area contributed by atoms with E-state index in [1.54, 1.807) is 6.08 Å². The van der Waals surface area contributed by atoms with E-state index < -0.39 is 24.3 Å². The summed E-state index contributed by atoms with van der Waals surface area (Å²) in [7, 11) is 0. The van der Waals surface area contributed by atoms with E-state index in [9.17, 15) is 10.2 Å². The van der Waals surface area contributed by atoms with Gasteiger partial charge in [-0.3, -0.25) is 0 Å². The molecule has 1 aromatic rings. The number of hydrogen-bond acceptors (Lipinski definition) is 4. The first-order valence-electron chi connectivity index (χ1n) is 5.65. The fourth-order valence-corrected chi connectivity index (χ4v) is 2.37. The van der Waals surface area contributed by atoms with Crippen molar-refractivity contribution in [1.29, 1.82) is 0 Å². The van der Waals surface area contributed by atoms with Gasteiger partial charge in [0.25, 0.3) is 0 Å². The van der Waals surface area contributed by atoms with E-state index in [1.165, 1.54) is 6.08 Å². The van der Waals surface area contributed by atoms with Crippen molar-refractivity contribution >= 4 is 0 Å². The van der Waals surface area contributed by atoms with Crippen molar-refractivity contribution in [1.82, 2.24) is 0 Å². The Morgan fingerprint density at radius 1 is 1.12 bits per heavy atom. The molecule has 3 rings (SSSR count). The Hall–Kier alpha value is -1.20. The van der Waals surface area contributed by atoms with Crippen molar-refractivity contribution in [3.8, 4) is 0 Å². The van der Waals surface area contributed by atoms with Crippen LogP contribution in [0.25, 0.3) is 0 Å². The summed E-state index contributed by atoms with van der Waals surface area (Å²) in [4.78, 5) is 0. The second-order valence-corrected chi connectivity index (χ2v) is 4.40. The molecule has 4 atom stereocenters. The number of ether oxygens (including phenoxy) is 2. The van der Waals surface area contributed by atoms with Gasteiger partial charge in [-0.2, -0.15) is 0 Å². The second kappa shape index (κ2) is 3.92. The molecule has 4 heteroatoms. The standard InChI is InChI=1S/C13H14O4/c14-10-8-13(7-6-11(15)16-13)17-12(10)9-4-2-1-3-5-9/h1-7,10-12,14-15H,8H2/t10-,11?,12-,13+/m1/s1. The maximum absolute atomic E-state index is 10.0. The molecule has 1 aromatic carbocycles. The third-order valence-corrected chi connectivity index (χ3v) is 3.13. The maximum atomic E-state index is 10.0. The molecule has 4 nitrogen and oxygen atoms in total. The van der Waals surface area contributed by atoms with E-state index >= 15 is 0 Å². The molecule has 2 N–H and O–H groups in total. The fraction of sp³-hybridized carbons (Fsp3) is 0.385. The van der Waals surface area contributed by atoms with Gasteiger partial charge in [-0.1, -0.05) is 30.3 Å². The van der Waals surface area contributed by atoms with Gasteiger partial charge in [0.1, 0.15) is 6.10 Å². The van der Waals surface area contributed by atoms with E-state index in [2.05, 4.69) is 0 Å². The lowest BCUT2D eigenvalue weighted by molar-refractivity contribution is -0.238. The molecule has 17 heavy (non-hydrogen) atoms. The molecule has 2 aliphatic heterocycles. The average molecular weight is 234 g/mol. The summed E-state index contributed by atoms with van der Waals surface area (Å²) in [6, 6.07) is 9.52. The van der Waals surface area contributed by atoms with Gasteiger partial charge in [0.05, 0.1) is 6.10 Å². The van der Waals surface area contributed by atoms with Crippen molar-refractivity contribution in [2.45, 2.75) is 30.7 Å². The molecule has 0 bridgehead atoms. The van der Waals surface area contributed by atoms with Crippen LogP contribution < -0.4 is 0 Å². The zero-order valence-corrected chi connectivity index (χ0v) is 9.19. The van der Waals surface area contributed by atoms with E-state index in [0.29, 0.717) is 6.42 Å². The van der Waals surface area contributed by atoms with Gasteiger partial charge in [-0.05, 0) is 17.7 Å². The highest BCUT2D eigenvalue weighted by molar-refractivity contribution is 5.22. The molecule has 0 aliphatic carbocycles. The Morgan fingerprint density at radius 3 is 2.53 bits per heavy atom. The van der Waals surface area contributed by atoms with Crippen LogP contribution in [0.4, 0.5) is 0 Å². The van der Waals surface area contributed by atoms with Gasteiger partial charge in [0, 0.05) is 6.42 Å². The minimum Gasteiger partial charge on any atom is -0.390 e. The molecule has 2 heterocycles. The highest BCUT2D eigenvalue weighted by Gasteiger charge is 2.49. The number of benzene rings is 1. The van der Waals surface area contributed by atoms with E-state index in [4.69, 9.17) is 9.47 Å². The van der Waals surface area contributed by atoms with Crippen LogP contribution in [0.5, 0.6) is 0 Å². The SMILES string of the molecule is OC1C=C[C@]2(C[C@@H](O)[C@@H](c3ccccc3)O2)O1. The van der Waals surface area contributed by atoms with Crippen LogP contribution in [-0.4, -0.2) is 28.4 Å². The van der Waals surface area contributed by atoms with E-state index in [-0.39, 0.29) is 0 Å². The summed E-state index contributed by atoms with van der Waals surface area (Å²) >= 11 is 0. The minimum atomic E-state index is -0.973. The summed E-state index contributed by atoms with van der Waals surface area (Å²) in [5.41, 5.74) is 0.912. The van der Waals surface area contributed by atoms with Gasteiger partial charge in [0.2, 0.25) is 0 Å². The Labute approximate surface area is 99.1 Å². The second-order valence-electron chi connectivity index (χ2n) is 4.40. The number of aliphatic hydroxyl groups excluding tert-OH is 2. The van der Waals surface area contributed by atoms with Crippen molar-refractivity contribution in [2.24, 2.45) is 0 Å². The largest absolute Gasteiger partial charge is 0.390 e. The summed E-state index contributed by atoms with van der Waals surface area (Å²) in [6.45, 7) is 0. The fourth-order valence-electron chi connectivity index (χ4n) is 2.37. The van der Waals surface area contributed by atoms with Crippen molar-refractivity contribution in [2.75, 3.05) is 0 Å². The van der Waals surface area contributed by atoms with Crippen LogP contribution in [0.1, 0.15) is 18.1 Å². The normalized spacial score (nSPS) is 40.2. The Bertz CT molecular complexity index is 430. The number of rotatable bonds is 1. The molecule has 90 valence electrons. The highest BCUT2D eigenvalue weighted by Crippen LogP contribution is 2.43. The first-order valence-corrected chi connectivity index (χ1v) is 5.65. The molecule has 1 unspecified atom stereocenters. The van der Waals surface area contributed by atoms with Crippen molar-refractivity contribution in [3.63, 3.8) is 0 Å². The third kappa shape index (κ3) is 1.89. The Balaban J connectivity index is 1.84. The Kier molecular flexibility index (Phi) is 2.52. The average Bonchev–Trinajstić information content (AvgIpc) is 2.84. The van der Waals surface area contributed by atoms with Crippen LogP contribution in [-0.2, 0) is 9.47 Å².